The number of aromatic nitrogens is 2. The minimum absolute atomic E-state index is 0. The van der Waals surface area contributed by atoms with Gasteiger partial charge in [0.1, 0.15) is 0 Å². The summed E-state index contributed by atoms with van der Waals surface area (Å²) in [7, 11) is 0. The first-order valence-electron chi connectivity index (χ1n) is 9.30. The zero-order valence-electron chi connectivity index (χ0n) is 15.2. The average Bonchev–Trinajstić information content (AvgIpc) is 3.20. The van der Waals surface area contributed by atoms with Crippen LogP contribution in [0.2, 0.25) is 0 Å². The summed E-state index contributed by atoms with van der Waals surface area (Å²) in [5.74, 6) is 1.94. The third-order valence-corrected chi connectivity index (χ3v) is 4.71. The standard InChI is InChI=1S/C18H33N5.HI/c1-3-19-18(20-12-6-10-16-8-4-5-9-16)21-13-7-11-17-14-22-23-15(17)2;/h14,16H,3-13H2,1-2H3,(H,22,23)(H2,19,20,21);1H. The number of aryl methyl sites for hydroxylation is 2. The average molecular weight is 447 g/mol. The lowest BCUT2D eigenvalue weighted by Gasteiger charge is -2.13. The maximum Gasteiger partial charge on any atom is 0.191 e. The molecule has 1 aliphatic carbocycles. The van der Waals surface area contributed by atoms with Crippen LogP contribution in [-0.2, 0) is 6.42 Å². The quantitative estimate of drug-likeness (QED) is 0.234. The third-order valence-electron chi connectivity index (χ3n) is 4.71. The highest BCUT2D eigenvalue weighted by atomic mass is 127. The Morgan fingerprint density at radius 3 is 2.75 bits per heavy atom. The lowest BCUT2D eigenvalue weighted by Crippen LogP contribution is -2.38. The molecule has 0 atom stereocenters. The molecule has 1 saturated carbocycles. The maximum absolute atomic E-state index is 4.68. The van der Waals surface area contributed by atoms with E-state index in [1.807, 2.05) is 6.20 Å². The molecule has 0 amide bonds. The molecular formula is C18H34IN5. The Labute approximate surface area is 163 Å². The Morgan fingerprint density at radius 2 is 2.08 bits per heavy atom. The van der Waals surface area contributed by atoms with E-state index in [0.29, 0.717) is 0 Å². The van der Waals surface area contributed by atoms with Crippen LogP contribution in [0.4, 0.5) is 0 Å². The van der Waals surface area contributed by atoms with Gasteiger partial charge in [0.05, 0.1) is 6.20 Å². The van der Waals surface area contributed by atoms with Crippen molar-refractivity contribution in [2.24, 2.45) is 10.9 Å². The molecular weight excluding hydrogens is 413 g/mol. The summed E-state index contributed by atoms with van der Waals surface area (Å²) in [4.78, 5) is 4.68. The molecule has 3 N–H and O–H groups in total. The molecule has 5 nitrogen and oxygen atoms in total. The Balaban J connectivity index is 0.00000288. The minimum atomic E-state index is 0. The van der Waals surface area contributed by atoms with Gasteiger partial charge in [-0.15, -0.1) is 24.0 Å². The van der Waals surface area contributed by atoms with E-state index in [1.54, 1.807) is 0 Å². The molecule has 0 spiro atoms. The van der Waals surface area contributed by atoms with Crippen molar-refractivity contribution in [1.29, 1.82) is 0 Å². The van der Waals surface area contributed by atoms with Gasteiger partial charge >= 0.3 is 0 Å². The Morgan fingerprint density at radius 1 is 1.29 bits per heavy atom. The van der Waals surface area contributed by atoms with E-state index in [-0.39, 0.29) is 24.0 Å². The van der Waals surface area contributed by atoms with E-state index in [9.17, 15) is 0 Å². The number of aliphatic imine (C=N–C) groups is 1. The van der Waals surface area contributed by atoms with Crippen molar-refractivity contribution in [3.63, 3.8) is 0 Å². The molecule has 0 radical (unpaired) electrons. The van der Waals surface area contributed by atoms with Crippen molar-refractivity contribution >= 4 is 29.9 Å². The van der Waals surface area contributed by atoms with E-state index in [1.165, 1.54) is 49.8 Å². The van der Waals surface area contributed by atoms with Crippen molar-refractivity contribution in [1.82, 2.24) is 20.8 Å². The topological polar surface area (TPSA) is 65.1 Å². The van der Waals surface area contributed by atoms with Crippen molar-refractivity contribution in [3.8, 4) is 0 Å². The molecule has 0 saturated heterocycles. The molecule has 1 aromatic rings. The number of nitrogens with zero attached hydrogens (tertiary/aromatic N) is 2. The molecule has 0 aliphatic heterocycles. The summed E-state index contributed by atoms with van der Waals surface area (Å²) in [6.45, 7) is 6.98. The van der Waals surface area contributed by atoms with Crippen LogP contribution in [0.15, 0.2) is 11.2 Å². The van der Waals surface area contributed by atoms with Crippen LogP contribution in [0.3, 0.4) is 0 Å². The van der Waals surface area contributed by atoms with Crippen LogP contribution in [0.1, 0.15) is 63.1 Å². The molecule has 1 fully saturated rings. The molecule has 2 rings (SSSR count). The fraction of sp³-hybridized carbons (Fsp3) is 0.778. The summed E-state index contributed by atoms with van der Waals surface area (Å²) in [6, 6.07) is 0. The second kappa shape index (κ2) is 12.6. The first-order chi connectivity index (χ1) is 11.3. The van der Waals surface area contributed by atoms with Gasteiger partial charge < -0.3 is 10.6 Å². The predicted molar refractivity (Wildman–Crippen MR) is 112 cm³/mol. The Bertz CT molecular complexity index is 466. The number of hydrogen-bond acceptors (Lipinski definition) is 2. The number of H-pyrrole nitrogens is 1. The second-order valence-corrected chi connectivity index (χ2v) is 6.60. The molecule has 0 aromatic carbocycles. The SMILES string of the molecule is CCNC(=NCCCc1cn[nH]c1C)NCCCC1CCCC1.I. The van der Waals surface area contributed by atoms with E-state index in [2.05, 4.69) is 39.7 Å². The molecule has 0 unspecified atom stereocenters. The van der Waals surface area contributed by atoms with Gasteiger partial charge in [-0.25, -0.2) is 0 Å². The largest absolute Gasteiger partial charge is 0.357 e. The van der Waals surface area contributed by atoms with Crippen molar-refractivity contribution in [2.45, 2.75) is 65.2 Å². The molecule has 138 valence electrons. The highest BCUT2D eigenvalue weighted by Crippen LogP contribution is 2.28. The van der Waals surface area contributed by atoms with Crippen molar-refractivity contribution in [2.75, 3.05) is 19.6 Å². The third kappa shape index (κ3) is 7.85. The number of guanidine groups is 1. The zero-order chi connectivity index (χ0) is 16.3. The number of rotatable bonds is 9. The number of aromatic amines is 1. The van der Waals surface area contributed by atoms with Crippen LogP contribution in [-0.4, -0.2) is 35.8 Å². The van der Waals surface area contributed by atoms with Gasteiger partial charge in [0.15, 0.2) is 5.96 Å². The van der Waals surface area contributed by atoms with Gasteiger partial charge in [0, 0.05) is 25.3 Å². The van der Waals surface area contributed by atoms with Crippen LogP contribution in [0.25, 0.3) is 0 Å². The predicted octanol–water partition coefficient (Wildman–Crippen LogP) is 3.79. The smallest absolute Gasteiger partial charge is 0.191 e. The summed E-state index contributed by atoms with van der Waals surface area (Å²) in [5, 5.41) is 13.9. The Hall–Kier alpha value is -0.790. The van der Waals surface area contributed by atoms with Crippen LogP contribution >= 0.6 is 24.0 Å². The molecule has 1 aliphatic rings. The molecule has 6 heteroatoms. The van der Waals surface area contributed by atoms with E-state index in [0.717, 1.165) is 44.4 Å². The molecule has 24 heavy (non-hydrogen) atoms. The fourth-order valence-corrected chi connectivity index (χ4v) is 3.33. The van der Waals surface area contributed by atoms with E-state index < -0.39 is 0 Å². The van der Waals surface area contributed by atoms with Gasteiger partial charge in [-0.05, 0) is 51.0 Å². The van der Waals surface area contributed by atoms with Gasteiger partial charge in [-0.2, -0.15) is 5.10 Å². The fourth-order valence-electron chi connectivity index (χ4n) is 3.33. The lowest BCUT2D eigenvalue weighted by molar-refractivity contribution is 0.481. The van der Waals surface area contributed by atoms with Crippen molar-refractivity contribution < 1.29 is 0 Å². The zero-order valence-corrected chi connectivity index (χ0v) is 17.6. The highest BCUT2D eigenvalue weighted by molar-refractivity contribution is 14.0. The minimum Gasteiger partial charge on any atom is -0.357 e. The monoisotopic (exact) mass is 447 g/mol. The first-order valence-corrected chi connectivity index (χ1v) is 9.30. The van der Waals surface area contributed by atoms with Crippen LogP contribution in [0.5, 0.6) is 0 Å². The van der Waals surface area contributed by atoms with Gasteiger partial charge in [-0.1, -0.05) is 25.7 Å². The molecule has 1 heterocycles. The number of nitrogens with one attached hydrogen (secondary N) is 3. The summed E-state index contributed by atoms with van der Waals surface area (Å²) in [6.07, 6.45) is 12.4. The van der Waals surface area contributed by atoms with Gasteiger partial charge in [-0.3, -0.25) is 10.1 Å². The van der Waals surface area contributed by atoms with Gasteiger partial charge in [0.2, 0.25) is 0 Å². The molecule has 0 bridgehead atoms. The maximum atomic E-state index is 4.68. The van der Waals surface area contributed by atoms with Crippen LogP contribution in [0, 0.1) is 12.8 Å². The van der Waals surface area contributed by atoms with E-state index in [4.69, 9.17) is 0 Å². The second-order valence-electron chi connectivity index (χ2n) is 6.60. The van der Waals surface area contributed by atoms with Gasteiger partial charge in [0.25, 0.3) is 0 Å². The van der Waals surface area contributed by atoms with Crippen molar-refractivity contribution in [3.05, 3.63) is 17.5 Å². The number of hydrogen-bond donors (Lipinski definition) is 3. The summed E-state index contributed by atoms with van der Waals surface area (Å²) >= 11 is 0. The van der Waals surface area contributed by atoms with E-state index >= 15 is 0 Å². The number of halogens is 1. The summed E-state index contributed by atoms with van der Waals surface area (Å²) < 4.78 is 0. The molecule has 1 aromatic heterocycles. The summed E-state index contributed by atoms with van der Waals surface area (Å²) in [5.41, 5.74) is 2.47. The first kappa shape index (κ1) is 21.3. The normalized spacial score (nSPS) is 15.3. The Kier molecular flexibility index (Phi) is 11.1. The highest BCUT2D eigenvalue weighted by Gasteiger charge is 2.13. The van der Waals surface area contributed by atoms with Crippen LogP contribution < -0.4 is 10.6 Å². The lowest BCUT2D eigenvalue weighted by atomic mass is 10.0.